The van der Waals surface area contributed by atoms with Crippen LogP contribution < -0.4 is 4.74 Å². The second-order valence-corrected chi connectivity index (χ2v) is 6.01. The third-order valence-corrected chi connectivity index (χ3v) is 3.98. The van der Waals surface area contributed by atoms with Gasteiger partial charge in [-0.15, -0.1) is 0 Å². The van der Waals surface area contributed by atoms with Gasteiger partial charge < -0.3 is 18.9 Å². The average molecular weight is 344 g/mol. The van der Waals surface area contributed by atoms with Gasteiger partial charge in [-0.2, -0.15) is 0 Å². The van der Waals surface area contributed by atoms with E-state index in [0.29, 0.717) is 12.2 Å². The molecular formula is C18H20N2O5. The number of esters is 1. The van der Waals surface area contributed by atoms with E-state index < -0.39 is 5.97 Å². The predicted molar refractivity (Wildman–Crippen MR) is 88.1 cm³/mol. The van der Waals surface area contributed by atoms with Crippen LogP contribution in [0.15, 0.2) is 34.9 Å². The Balaban J connectivity index is 1.58. The number of carbonyl (C=O) groups is 2. The van der Waals surface area contributed by atoms with Crippen LogP contribution in [0.4, 0.5) is 0 Å². The summed E-state index contributed by atoms with van der Waals surface area (Å²) in [7, 11) is 1.61. The first kappa shape index (κ1) is 17.0. The zero-order valence-corrected chi connectivity index (χ0v) is 14.2. The third-order valence-electron chi connectivity index (χ3n) is 3.98. The number of ether oxygens (including phenoxy) is 2. The summed E-state index contributed by atoms with van der Waals surface area (Å²) in [6, 6.07) is 9.24. The summed E-state index contributed by atoms with van der Waals surface area (Å²) in [5, 5.41) is 3.63. The Labute approximate surface area is 145 Å². The molecule has 0 spiro atoms. The second kappa shape index (κ2) is 7.38. The van der Waals surface area contributed by atoms with Crippen LogP contribution in [0.5, 0.6) is 5.75 Å². The number of nitrogens with zero attached hydrogens (tertiary/aromatic N) is 2. The molecule has 1 aliphatic carbocycles. The van der Waals surface area contributed by atoms with E-state index >= 15 is 0 Å². The molecule has 0 aliphatic heterocycles. The molecule has 2 aromatic rings. The summed E-state index contributed by atoms with van der Waals surface area (Å²) >= 11 is 0. The molecule has 25 heavy (non-hydrogen) atoms. The van der Waals surface area contributed by atoms with Crippen LogP contribution in [0.1, 0.15) is 34.7 Å². The quantitative estimate of drug-likeness (QED) is 0.717. The fraction of sp³-hybridized carbons (Fsp3) is 0.389. The van der Waals surface area contributed by atoms with E-state index in [1.165, 1.54) is 6.07 Å². The number of aryl methyl sites for hydroxylation is 1. The first-order valence-electron chi connectivity index (χ1n) is 8.09. The first-order chi connectivity index (χ1) is 12.1. The molecule has 1 aromatic carbocycles. The van der Waals surface area contributed by atoms with E-state index in [2.05, 4.69) is 5.16 Å². The van der Waals surface area contributed by atoms with Crippen molar-refractivity contribution in [1.82, 2.24) is 10.1 Å². The van der Waals surface area contributed by atoms with Crippen LogP contribution in [-0.2, 0) is 16.1 Å². The zero-order chi connectivity index (χ0) is 17.8. The van der Waals surface area contributed by atoms with Gasteiger partial charge in [0.25, 0.3) is 5.91 Å². The highest BCUT2D eigenvalue weighted by molar-refractivity contribution is 5.88. The fourth-order valence-corrected chi connectivity index (χ4v) is 2.48. The van der Waals surface area contributed by atoms with Crippen molar-refractivity contribution in [2.45, 2.75) is 32.4 Å². The molecule has 0 bridgehead atoms. The Morgan fingerprint density at radius 3 is 2.56 bits per heavy atom. The molecule has 0 atom stereocenters. The van der Waals surface area contributed by atoms with Gasteiger partial charge in [0.1, 0.15) is 5.75 Å². The standard InChI is InChI=1S/C18H20N2O5/c1-12-9-16(25-19-12)18(22)24-11-17(21)20(14-5-6-14)10-13-3-7-15(23-2)8-4-13/h3-4,7-9,14H,5-6,10-11H2,1-2H3. The molecule has 0 N–H and O–H groups in total. The van der Waals surface area contributed by atoms with Crippen molar-refractivity contribution in [2.75, 3.05) is 13.7 Å². The van der Waals surface area contributed by atoms with Crippen molar-refractivity contribution in [3.05, 3.63) is 47.3 Å². The molecule has 1 aromatic heterocycles. The van der Waals surface area contributed by atoms with Crippen molar-refractivity contribution in [2.24, 2.45) is 0 Å². The highest BCUT2D eigenvalue weighted by Gasteiger charge is 2.33. The minimum atomic E-state index is -0.686. The number of amides is 1. The molecule has 7 heteroatoms. The van der Waals surface area contributed by atoms with Gasteiger partial charge in [-0.3, -0.25) is 4.79 Å². The summed E-state index contributed by atoms with van der Waals surface area (Å²) < 4.78 is 15.0. The summed E-state index contributed by atoms with van der Waals surface area (Å²) in [5.74, 6) is -0.139. The number of hydrogen-bond donors (Lipinski definition) is 0. The van der Waals surface area contributed by atoms with Gasteiger partial charge in [0, 0.05) is 18.7 Å². The lowest BCUT2D eigenvalue weighted by Crippen LogP contribution is -2.36. The van der Waals surface area contributed by atoms with Crippen molar-refractivity contribution in [1.29, 1.82) is 0 Å². The lowest BCUT2D eigenvalue weighted by Gasteiger charge is -2.22. The van der Waals surface area contributed by atoms with Gasteiger partial charge in [0.15, 0.2) is 6.61 Å². The zero-order valence-electron chi connectivity index (χ0n) is 14.2. The normalized spacial score (nSPS) is 13.4. The van der Waals surface area contributed by atoms with Gasteiger partial charge >= 0.3 is 5.97 Å². The van der Waals surface area contributed by atoms with Crippen molar-refractivity contribution >= 4 is 11.9 Å². The van der Waals surface area contributed by atoms with E-state index in [1.54, 1.807) is 18.9 Å². The Kier molecular flexibility index (Phi) is 5.02. The Morgan fingerprint density at radius 2 is 2.00 bits per heavy atom. The Morgan fingerprint density at radius 1 is 1.28 bits per heavy atom. The summed E-state index contributed by atoms with van der Waals surface area (Å²) in [6.45, 7) is 1.87. The maximum atomic E-state index is 12.5. The largest absolute Gasteiger partial charge is 0.497 e. The minimum absolute atomic E-state index is 0.00146. The Hall–Kier alpha value is -2.83. The molecule has 1 saturated carbocycles. The molecule has 3 rings (SSSR count). The molecule has 1 aliphatic rings. The average Bonchev–Trinajstić information content (AvgIpc) is 3.38. The Bertz CT molecular complexity index is 749. The molecule has 132 valence electrons. The number of methoxy groups -OCH3 is 1. The number of aromatic nitrogens is 1. The summed E-state index contributed by atoms with van der Waals surface area (Å²) in [4.78, 5) is 26.1. The highest BCUT2D eigenvalue weighted by Crippen LogP contribution is 2.29. The summed E-state index contributed by atoms with van der Waals surface area (Å²) in [5.41, 5.74) is 1.58. The molecular weight excluding hydrogens is 324 g/mol. The fourth-order valence-electron chi connectivity index (χ4n) is 2.48. The first-order valence-corrected chi connectivity index (χ1v) is 8.09. The molecule has 1 heterocycles. The van der Waals surface area contributed by atoms with Crippen molar-refractivity contribution < 1.29 is 23.6 Å². The maximum absolute atomic E-state index is 12.5. The third kappa shape index (κ3) is 4.37. The van der Waals surface area contributed by atoms with E-state index in [0.717, 1.165) is 24.2 Å². The smallest absolute Gasteiger partial charge is 0.377 e. The predicted octanol–water partition coefficient (Wildman–Crippen LogP) is 2.34. The number of carbonyl (C=O) groups excluding carboxylic acids is 2. The van der Waals surface area contributed by atoms with Crippen molar-refractivity contribution in [3.63, 3.8) is 0 Å². The number of rotatable bonds is 7. The molecule has 1 fully saturated rings. The molecule has 0 unspecified atom stereocenters. The lowest BCUT2D eigenvalue weighted by atomic mass is 10.2. The van der Waals surface area contributed by atoms with Gasteiger partial charge in [-0.1, -0.05) is 17.3 Å². The van der Waals surface area contributed by atoms with E-state index in [4.69, 9.17) is 14.0 Å². The lowest BCUT2D eigenvalue weighted by molar-refractivity contribution is -0.135. The van der Waals surface area contributed by atoms with E-state index in [-0.39, 0.29) is 24.3 Å². The van der Waals surface area contributed by atoms with Gasteiger partial charge in [0.2, 0.25) is 5.76 Å². The van der Waals surface area contributed by atoms with Gasteiger partial charge in [-0.25, -0.2) is 4.79 Å². The minimum Gasteiger partial charge on any atom is -0.497 e. The van der Waals surface area contributed by atoms with Crippen LogP contribution in [0, 0.1) is 6.92 Å². The van der Waals surface area contributed by atoms with Crippen LogP contribution in [0.2, 0.25) is 0 Å². The van der Waals surface area contributed by atoms with Crippen LogP contribution in [0.3, 0.4) is 0 Å². The van der Waals surface area contributed by atoms with E-state index in [9.17, 15) is 9.59 Å². The SMILES string of the molecule is COc1ccc(CN(C(=O)COC(=O)c2cc(C)no2)C2CC2)cc1. The van der Waals surface area contributed by atoms with Gasteiger partial charge in [-0.05, 0) is 37.5 Å². The topological polar surface area (TPSA) is 81.9 Å². The van der Waals surface area contributed by atoms with Crippen LogP contribution in [-0.4, -0.2) is 41.7 Å². The highest BCUT2D eigenvalue weighted by atomic mass is 16.6. The van der Waals surface area contributed by atoms with Crippen LogP contribution in [0.25, 0.3) is 0 Å². The monoisotopic (exact) mass is 344 g/mol. The number of hydrogen-bond acceptors (Lipinski definition) is 6. The molecule has 0 saturated heterocycles. The molecule has 0 radical (unpaired) electrons. The summed E-state index contributed by atoms with van der Waals surface area (Å²) in [6.07, 6.45) is 1.94. The molecule has 1 amide bonds. The maximum Gasteiger partial charge on any atom is 0.377 e. The molecule has 7 nitrogen and oxygen atoms in total. The second-order valence-electron chi connectivity index (χ2n) is 6.01. The van der Waals surface area contributed by atoms with Crippen molar-refractivity contribution in [3.8, 4) is 5.75 Å². The number of benzene rings is 1. The van der Waals surface area contributed by atoms with Gasteiger partial charge in [0.05, 0.1) is 12.8 Å². The van der Waals surface area contributed by atoms with Crippen LogP contribution >= 0.6 is 0 Å². The van der Waals surface area contributed by atoms with E-state index in [1.807, 2.05) is 24.3 Å².